The minimum atomic E-state index is -0.870. The van der Waals surface area contributed by atoms with Crippen LogP contribution in [0.15, 0.2) is 12.2 Å². The van der Waals surface area contributed by atoms with Crippen molar-refractivity contribution in [1.29, 1.82) is 0 Å². The van der Waals surface area contributed by atoms with Gasteiger partial charge < -0.3 is 15.2 Å². The molecule has 62 heavy (non-hydrogen) atoms. The second-order valence-corrected chi connectivity index (χ2v) is 19.6. The maximum atomic E-state index is 13.0. The third kappa shape index (κ3) is 48.1. The SMILES string of the molecule is CCCCCCCCCCCCC/C=C/[C@@H](O)[C@H](COC(=O)CCCCCCCCCCCCCCCCCCCCCC)NC(=O)CCCCCCCCCCCCCCC. The Balaban J connectivity index is 4.28. The molecule has 5 heteroatoms. The Morgan fingerprint density at radius 2 is 0.677 bits per heavy atom. The highest BCUT2D eigenvalue weighted by molar-refractivity contribution is 5.76. The van der Waals surface area contributed by atoms with E-state index >= 15 is 0 Å². The fraction of sp³-hybridized carbons (Fsp3) is 0.930. The van der Waals surface area contributed by atoms with Gasteiger partial charge in [0.1, 0.15) is 6.61 Å². The molecule has 0 spiro atoms. The first-order chi connectivity index (χ1) is 30.5. The molecule has 0 saturated carbocycles. The first kappa shape index (κ1) is 60.6. The summed E-state index contributed by atoms with van der Waals surface area (Å²) in [4.78, 5) is 25.7. The van der Waals surface area contributed by atoms with Crippen LogP contribution in [0.5, 0.6) is 0 Å². The lowest BCUT2D eigenvalue weighted by Gasteiger charge is -2.22. The van der Waals surface area contributed by atoms with Gasteiger partial charge in [0.05, 0.1) is 12.1 Å². The Hall–Kier alpha value is -1.36. The number of ether oxygens (including phenoxy) is 1. The molecule has 0 aliphatic rings. The molecule has 0 fully saturated rings. The molecule has 0 radical (unpaired) electrons. The molecule has 5 nitrogen and oxygen atoms in total. The predicted molar refractivity (Wildman–Crippen MR) is 272 cm³/mol. The molecule has 0 aliphatic carbocycles. The van der Waals surface area contributed by atoms with Gasteiger partial charge in [0, 0.05) is 12.8 Å². The summed E-state index contributed by atoms with van der Waals surface area (Å²) in [6.07, 6.45) is 62.6. The van der Waals surface area contributed by atoms with Crippen LogP contribution in [0, 0.1) is 0 Å². The average molecular weight is 875 g/mol. The standard InChI is InChI=1S/C57H111NO4/c1-4-7-10-13-16-19-22-25-26-27-28-29-30-31-34-37-40-43-46-49-52-57(61)62-53-54(55(59)50-47-44-41-38-35-32-23-20-17-14-11-8-5-2)58-56(60)51-48-45-42-39-36-33-24-21-18-15-12-9-6-3/h47,50,54-55,59H,4-46,48-49,51-53H2,1-3H3,(H,58,60)/b50-47+/t54-,55+/m0/s1. The number of hydrogen-bond donors (Lipinski definition) is 2. The zero-order valence-electron chi connectivity index (χ0n) is 42.4. The number of aliphatic hydroxyl groups is 1. The first-order valence-electron chi connectivity index (χ1n) is 28.3. The molecule has 2 atom stereocenters. The summed E-state index contributed by atoms with van der Waals surface area (Å²) in [5.74, 6) is -0.277. The van der Waals surface area contributed by atoms with Gasteiger partial charge in [0.15, 0.2) is 0 Å². The third-order valence-electron chi connectivity index (χ3n) is 13.2. The van der Waals surface area contributed by atoms with Crippen molar-refractivity contribution in [2.45, 2.75) is 335 Å². The molecule has 368 valence electrons. The Morgan fingerprint density at radius 3 is 1.00 bits per heavy atom. The number of hydrogen-bond acceptors (Lipinski definition) is 4. The number of rotatable bonds is 52. The van der Waals surface area contributed by atoms with Crippen molar-refractivity contribution in [2.75, 3.05) is 6.61 Å². The van der Waals surface area contributed by atoms with E-state index in [0.717, 1.165) is 38.5 Å². The van der Waals surface area contributed by atoms with Gasteiger partial charge in [-0.1, -0.05) is 296 Å². The van der Waals surface area contributed by atoms with Gasteiger partial charge in [-0.05, 0) is 25.7 Å². The van der Waals surface area contributed by atoms with Gasteiger partial charge in [-0.3, -0.25) is 9.59 Å². The topological polar surface area (TPSA) is 75.6 Å². The summed E-state index contributed by atoms with van der Waals surface area (Å²) < 4.78 is 5.66. The summed E-state index contributed by atoms with van der Waals surface area (Å²) in [6, 6.07) is -0.614. The molecule has 2 N–H and O–H groups in total. The van der Waals surface area contributed by atoms with Crippen molar-refractivity contribution >= 4 is 11.9 Å². The van der Waals surface area contributed by atoms with Crippen LogP contribution in [0.1, 0.15) is 323 Å². The number of aliphatic hydroxyl groups excluding tert-OH is 1. The van der Waals surface area contributed by atoms with Gasteiger partial charge in [-0.25, -0.2) is 0 Å². The molecular formula is C57H111NO4. The van der Waals surface area contributed by atoms with Crippen LogP contribution in [0.4, 0.5) is 0 Å². The van der Waals surface area contributed by atoms with Crippen molar-refractivity contribution in [3.8, 4) is 0 Å². The smallest absolute Gasteiger partial charge is 0.305 e. The lowest BCUT2D eigenvalue weighted by atomic mass is 10.0. The molecule has 0 rings (SSSR count). The fourth-order valence-corrected chi connectivity index (χ4v) is 8.88. The van der Waals surface area contributed by atoms with Crippen LogP contribution < -0.4 is 5.32 Å². The number of unbranched alkanes of at least 4 members (excludes halogenated alkanes) is 42. The predicted octanol–water partition coefficient (Wildman–Crippen LogP) is 18.3. The van der Waals surface area contributed by atoms with Crippen LogP contribution in [-0.4, -0.2) is 35.7 Å². The molecule has 1 amide bonds. The van der Waals surface area contributed by atoms with E-state index in [4.69, 9.17) is 4.74 Å². The number of carbonyl (C=O) groups is 2. The second-order valence-electron chi connectivity index (χ2n) is 19.6. The Kier molecular flexibility index (Phi) is 51.1. The Morgan fingerprint density at radius 1 is 0.403 bits per heavy atom. The lowest BCUT2D eigenvalue weighted by molar-refractivity contribution is -0.146. The zero-order valence-corrected chi connectivity index (χ0v) is 42.4. The number of carbonyl (C=O) groups excluding carboxylic acids is 2. The largest absolute Gasteiger partial charge is 0.463 e. The molecule has 0 aromatic heterocycles. The highest BCUT2D eigenvalue weighted by atomic mass is 16.5. The molecular weight excluding hydrogens is 763 g/mol. The highest BCUT2D eigenvalue weighted by Gasteiger charge is 2.21. The lowest BCUT2D eigenvalue weighted by Crippen LogP contribution is -2.46. The summed E-state index contributed by atoms with van der Waals surface area (Å²) in [5.41, 5.74) is 0. The second kappa shape index (κ2) is 52.3. The molecule has 0 aromatic carbocycles. The van der Waals surface area contributed by atoms with Crippen LogP contribution in [0.3, 0.4) is 0 Å². The van der Waals surface area contributed by atoms with E-state index in [1.165, 1.54) is 250 Å². The quantitative estimate of drug-likeness (QED) is 0.0363. The number of nitrogens with one attached hydrogen (secondary N) is 1. The zero-order chi connectivity index (χ0) is 45.1. The van der Waals surface area contributed by atoms with E-state index in [-0.39, 0.29) is 18.5 Å². The molecule has 0 unspecified atom stereocenters. The van der Waals surface area contributed by atoms with Gasteiger partial charge in [0.25, 0.3) is 0 Å². The highest BCUT2D eigenvalue weighted by Crippen LogP contribution is 2.17. The van der Waals surface area contributed by atoms with E-state index in [0.29, 0.717) is 12.8 Å². The van der Waals surface area contributed by atoms with Crippen molar-refractivity contribution < 1.29 is 19.4 Å². The van der Waals surface area contributed by atoms with Crippen LogP contribution in [0.25, 0.3) is 0 Å². The van der Waals surface area contributed by atoms with Crippen molar-refractivity contribution in [2.24, 2.45) is 0 Å². The van der Waals surface area contributed by atoms with Gasteiger partial charge in [-0.2, -0.15) is 0 Å². The van der Waals surface area contributed by atoms with Gasteiger partial charge in [0.2, 0.25) is 5.91 Å². The van der Waals surface area contributed by atoms with E-state index in [9.17, 15) is 14.7 Å². The summed E-state index contributed by atoms with van der Waals surface area (Å²) >= 11 is 0. The summed E-state index contributed by atoms with van der Waals surface area (Å²) in [7, 11) is 0. The van der Waals surface area contributed by atoms with Crippen molar-refractivity contribution in [3.63, 3.8) is 0 Å². The Labute approximate surface area is 388 Å². The molecule has 0 heterocycles. The first-order valence-corrected chi connectivity index (χ1v) is 28.3. The normalized spacial score (nSPS) is 12.6. The molecule has 0 saturated heterocycles. The number of amides is 1. The van der Waals surface area contributed by atoms with Gasteiger partial charge >= 0.3 is 5.97 Å². The van der Waals surface area contributed by atoms with E-state index in [1.807, 2.05) is 6.08 Å². The van der Waals surface area contributed by atoms with E-state index in [1.54, 1.807) is 6.08 Å². The van der Waals surface area contributed by atoms with Crippen molar-refractivity contribution in [3.05, 3.63) is 12.2 Å². The third-order valence-corrected chi connectivity index (χ3v) is 13.2. The average Bonchev–Trinajstić information content (AvgIpc) is 3.27. The summed E-state index contributed by atoms with van der Waals surface area (Å²) in [5, 5.41) is 14.1. The molecule has 0 bridgehead atoms. The molecule has 0 aromatic rings. The van der Waals surface area contributed by atoms with Crippen molar-refractivity contribution in [1.82, 2.24) is 5.32 Å². The van der Waals surface area contributed by atoms with E-state index < -0.39 is 12.1 Å². The number of esters is 1. The van der Waals surface area contributed by atoms with Crippen LogP contribution in [-0.2, 0) is 14.3 Å². The van der Waals surface area contributed by atoms with Crippen LogP contribution in [0.2, 0.25) is 0 Å². The minimum Gasteiger partial charge on any atom is -0.463 e. The Bertz CT molecular complexity index is 920. The minimum absolute atomic E-state index is 0.0202. The molecule has 0 aliphatic heterocycles. The maximum Gasteiger partial charge on any atom is 0.305 e. The fourth-order valence-electron chi connectivity index (χ4n) is 8.88. The van der Waals surface area contributed by atoms with E-state index in [2.05, 4.69) is 26.1 Å². The number of allylic oxidation sites excluding steroid dienone is 1. The monoisotopic (exact) mass is 874 g/mol. The van der Waals surface area contributed by atoms with Gasteiger partial charge in [-0.15, -0.1) is 0 Å². The maximum absolute atomic E-state index is 13.0. The summed E-state index contributed by atoms with van der Waals surface area (Å²) in [6.45, 7) is 6.86. The van der Waals surface area contributed by atoms with Crippen LogP contribution >= 0.6 is 0 Å².